The van der Waals surface area contributed by atoms with E-state index in [2.05, 4.69) is 25.5 Å². The van der Waals surface area contributed by atoms with Gasteiger partial charge >= 0.3 is 0 Å². The number of nitrogens with two attached hydrogens (primary N) is 1. The van der Waals surface area contributed by atoms with E-state index >= 15 is 0 Å². The standard InChI is InChI=1S/C10H16N6O/c1-5(2)7(17)4-12-8-6-3-13-16-9(6)15-10(11)14-8/h3,5,7,17H,4H2,1-2H3,(H4,11,12,13,14,15,16). The zero-order valence-electron chi connectivity index (χ0n) is 9.81. The number of fused-ring (bicyclic) bond motifs is 1. The second-order valence-corrected chi connectivity index (χ2v) is 4.25. The number of aliphatic hydroxyl groups excluding tert-OH is 1. The van der Waals surface area contributed by atoms with Gasteiger partial charge < -0.3 is 16.2 Å². The van der Waals surface area contributed by atoms with Crippen LogP contribution in [0.4, 0.5) is 11.8 Å². The summed E-state index contributed by atoms with van der Waals surface area (Å²) in [6.07, 6.45) is 1.19. The molecule has 2 heterocycles. The molecule has 0 aliphatic carbocycles. The van der Waals surface area contributed by atoms with Crippen LogP contribution in [0, 0.1) is 5.92 Å². The van der Waals surface area contributed by atoms with Crippen molar-refractivity contribution in [2.45, 2.75) is 20.0 Å². The van der Waals surface area contributed by atoms with E-state index in [-0.39, 0.29) is 11.9 Å². The summed E-state index contributed by atoms with van der Waals surface area (Å²) in [4.78, 5) is 8.09. The van der Waals surface area contributed by atoms with Gasteiger partial charge in [0.1, 0.15) is 5.82 Å². The van der Waals surface area contributed by atoms with Crippen molar-refractivity contribution in [3.05, 3.63) is 6.20 Å². The quantitative estimate of drug-likeness (QED) is 0.610. The molecule has 2 aromatic rings. The molecule has 2 rings (SSSR count). The molecule has 1 atom stereocenters. The summed E-state index contributed by atoms with van der Waals surface area (Å²) in [7, 11) is 0. The lowest BCUT2D eigenvalue weighted by atomic mass is 10.1. The highest BCUT2D eigenvalue weighted by molar-refractivity contribution is 5.86. The summed E-state index contributed by atoms with van der Waals surface area (Å²) in [6, 6.07) is 0. The summed E-state index contributed by atoms with van der Waals surface area (Å²) in [5.74, 6) is 0.936. The minimum atomic E-state index is -0.437. The first-order valence-corrected chi connectivity index (χ1v) is 5.46. The van der Waals surface area contributed by atoms with Crippen LogP contribution in [0.2, 0.25) is 0 Å². The second-order valence-electron chi connectivity index (χ2n) is 4.25. The first-order valence-electron chi connectivity index (χ1n) is 5.46. The van der Waals surface area contributed by atoms with Crippen molar-refractivity contribution in [2.75, 3.05) is 17.6 Å². The minimum absolute atomic E-state index is 0.170. The van der Waals surface area contributed by atoms with Gasteiger partial charge in [-0.25, -0.2) is 0 Å². The molecular formula is C10H16N6O. The van der Waals surface area contributed by atoms with Crippen molar-refractivity contribution >= 4 is 22.8 Å². The van der Waals surface area contributed by atoms with E-state index in [1.165, 1.54) is 0 Å². The maximum absolute atomic E-state index is 9.72. The fraction of sp³-hybridized carbons (Fsp3) is 0.500. The number of nitrogens with zero attached hydrogens (tertiary/aromatic N) is 3. The van der Waals surface area contributed by atoms with Gasteiger partial charge in [-0.3, -0.25) is 5.10 Å². The number of aromatic amines is 1. The van der Waals surface area contributed by atoms with Gasteiger partial charge in [0.05, 0.1) is 17.7 Å². The summed E-state index contributed by atoms with van der Waals surface area (Å²) in [5, 5.41) is 20.1. The molecule has 92 valence electrons. The topological polar surface area (TPSA) is 113 Å². The molecule has 0 aromatic carbocycles. The monoisotopic (exact) mass is 236 g/mol. The third-order valence-electron chi connectivity index (χ3n) is 2.58. The number of aromatic nitrogens is 4. The van der Waals surface area contributed by atoms with Gasteiger partial charge in [-0.1, -0.05) is 13.8 Å². The van der Waals surface area contributed by atoms with Crippen LogP contribution >= 0.6 is 0 Å². The molecule has 5 N–H and O–H groups in total. The molecule has 2 aromatic heterocycles. The van der Waals surface area contributed by atoms with Gasteiger partial charge in [-0.2, -0.15) is 15.1 Å². The lowest BCUT2D eigenvalue weighted by Gasteiger charge is -2.15. The van der Waals surface area contributed by atoms with Crippen LogP contribution in [0.15, 0.2) is 6.20 Å². The van der Waals surface area contributed by atoms with Crippen molar-refractivity contribution in [1.82, 2.24) is 20.2 Å². The number of hydrogen-bond acceptors (Lipinski definition) is 6. The smallest absolute Gasteiger partial charge is 0.224 e. The van der Waals surface area contributed by atoms with Crippen molar-refractivity contribution < 1.29 is 5.11 Å². The Bertz CT molecular complexity index is 508. The van der Waals surface area contributed by atoms with E-state index in [1.54, 1.807) is 6.20 Å². The first kappa shape index (κ1) is 11.6. The van der Waals surface area contributed by atoms with E-state index < -0.39 is 6.10 Å². The number of anilines is 2. The number of aliphatic hydroxyl groups is 1. The molecule has 17 heavy (non-hydrogen) atoms. The zero-order chi connectivity index (χ0) is 12.4. The predicted molar refractivity (Wildman–Crippen MR) is 65.4 cm³/mol. The van der Waals surface area contributed by atoms with Crippen molar-refractivity contribution in [2.24, 2.45) is 5.92 Å². The second kappa shape index (κ2) is 4.54. The maximum atomic E-state index is 9.72. The summed E-state index contributed by atoms with van der Waals surface area (Å²) in [6.45, 7) is 4.32. The largest absolute Gasteiger partial charge is 0.391 e. The number of nitrogens with one attached hydrogen (secondary N) is 2. The highest BCUT2D eigenvalue weighted by atomic mass is 16.3. The van der Waals surface area contributed by atoms with Gasteiger partial charge in [0.15, 0.2) is 5.65 Å². The van der Waals surface area contributed by atoms with Gasteiger partial charge in [0.2, 0.25) is 5.95 Å². The third-order valence-corrected chi connectivity index (χ3v) is 2.58. The minimum Gasteiger partial charge on any atom is -0.391 e. The number of nitrogen functional groups attached to an aromatic ring is 1. The molecule has 0 bridgehead atoms. The molecule has 0 radical (unpaired) electrons. The average Bonchev–Trinajstić information content (AvgIpc) is 2.72. The van der Waals surface area contributed by atoms with E-state index in [0.717, 1.165) is 5.39 Å². The van der Waals surface area contributed by atoms with Gasteiger partial charge in [0, 0.05) is 6.54 Å². The SMILES string of the molecule is CC(C)C(O)CNc1nc(N)nc2[nH]ncc12. The van der Waals surface area contributed by atoms with Crippen LogP contribution in [0.5, 0.6) is 0 Å². The molecule has 0 saturated carbocycles. The molecule has 0 aliphatic heterocycles. The summed E-state index contributed by atoms with van der Waals surface area (Å²) >= 11 is 0. The van der Waals surface area contributed by atoms with Crippen LogP contribution in [-0.2, 0) is 0 Å². The summed E-state index contributed by atoms with van der Waals surface area (Å²) in [5.41, 5.74) is 6.16. The first-order chi connectivity index (χ1) is 8.08. The Morgan fingerprint density at radius 2 is 2.24 bits per heavy atom. The molecule has 0 amide bonds. The van der Waals surface area contributed by atoms with E-state index in [0.29, 0.717) is 18.0 Å². The fourth-order valence-electron chi connectivity index (χ4n) is 1.42. The van der Waals surface area contributed by atoms with Crippen LogP contribution in [0.1, 0.15) is 13.8 Å². The van der Waals surface area contributed by atoms with Gasteiger partial charge in [-0.15, -0.1) is 0 Å². The number of rotatable bonds is 4. The Balaban J connectivity index is 2.20. The maximum Gasteiger partial charge on any atom is 0.224 e. The van der Waals surface area contributed by atoms with Gasteiger partial charge in [-0.05, 0) is 5.92 Å². The third kappa shape index (κ3) is 2.44. The Labute approximate surface area is 98.5 Å². The molecule has 7 nitrogen and oxygen atoms in total. The van der Waals surface area contributed by atoms with E-state index in [4.69, 9.17) is 5.73 Å². The lowest BCUT2D eigenvalue weighted by molar-refractivity contribution is 0.138. The molecule has 0 aliphatic rings. The van der Waals surface area contributed by atoms with Crippen LogP contribution in [-0.4, -0.2) is 37.9 Å². The highest BCUT2D eigenvalue weighted by Gasteiger charge is 2.12. The Hall–Kier alpha value is -1.89. The Morgan fingerprint density at radius 1 is 1.47 bits per heavy atom. The molecule has 0 spiro atoms. The molecule has 0 saturated heterocycles. The fourth-order valence-corrected chi connectivity index (χ4v) is 1.42. The predicted octanol–water partition coefficient (Wildman–Crippen LogP) is 0.364. The summed E-state index contributed by atoms with van der Waals surface area (Å²) < 4.78 is 0. The van der Waals surface area contributed by atoms with Crippen molar-refractivity contribution in [3.63, 3.8) is 0 Å². The molecule has 7 heteroatoms. The highest BCUT2D eigenvalue weighted by Crippen LogP contribution is 2.18. The zero-order valence-corrected chi connectivity index (χ0v) is 9.81. The molecule has 1 unspecified atom stereocenters. The number of H-pyrrole nitrogens is 1. The average molecular weight is 236 g/mol. The van der Waals surface area contributed by atoms with Crippen LogP contribution in [0.3, 0.4) is 0 Å². The number of hydrogen-bond donors (Lipinski definition) is 4. The van der Waals surface area contributed by atoms with E-state index in [9.17, 15) is 5.11 Å². The Morgan fingerprint density at radius 3 is 2.94 bits per heavy atom. The molecule has 0 fully saturated rings. The van der Waals surface area contributed by atoms with Crippen molar-refractivity contribution in [1.29, 1.82) is 0 Å². The molecular weight excluding hydrogens is 220 g/mol. The van der Waals surface area contributed by atoms with Crippen LogP contribution < -0.4 is 11.1 Å². The van der Waals surface area contributed by atoms with Gasteiger partial charge in [0.25, 0.3) is 0 Å². The normalized spacial score (nSPS) is 13.2. The van der Waals surface area contributed by atoms with E-state index in [1.807, 2.05) is 13.8 Å². The Kier molecular flexibility index (Phi) is 3.10. The lowest BCUT2D eigenvalue weighted by Crippen LogP contribution is -2.25. The van der Waals surface area contributed by atoms with Crippen LogP contribution in [0.25, 0.3) is 11.0 Å². The van der Waals surface area contributed by atoms with Crippen molar-refractivity contribution in [3.8, 4) is 0 Å².